The monoisotopic (exact) mass is 350 g/mol. The average molecular weight is 350 g/mol. The van der Waals surface area contributed by atoms with Crippen molar-refractivity contribution in [2.75, 3.05) is 5.32 Å². The zero-order valence-electron chi connectivity index (χ0n) is 9.51. The van der Waals surface area contributed by atoms with Gasteiger partial charge < -0.3 is 5.32 Å². The summed E-state index contributed by atoms with van der Waals surface area (Å²) in [6.07, 6.45) is 4.94. The molecular formula is C14H11IN2O. The van der Waals surface area contributed by atoms with Crippen LogP contribution >= 0.6 is 22.6 Å². The van der Waals surface area contributed by atoms with Crippen LogP contribution in [0.3, 0.4) is 0 Å². The fourth-order valence-electron chi connectivity index (χ4n) is 1.38. The first kappa shape index (κ1) is 12.8. The Hall–Kier alpha value is -1.69. The van der Waals surface area contributed by atoms with Crippen LogP contribution < -0.4 is 5.32 Å². The number of pyridine rings is 1. The Morgan fingerprint density at radius 2 is 1.94 bits per heavy atom. The van der Waals surface area contributed by atoms with Gasteiger partial charge in [-0.15, -0.1) is 0 Å². The van der Waals surface area contributed by atoms with Gasteiger partial charge in [0.05, 0.1) is 0 Å². The molecule has 0 saturated heterocycles. The number of hydrogen-bond acceptors (Lipinski definition) is 2. The maximum absolute atomic E-state index is 11.7. The van der Waals surface area contributed by atoms with E-state index in [1.807, 2.05) is 30.3 Å². The van der Waals surface area contributed by atoms with Crippen LogP contribution in [0.15, 0.2) is 54.7 Å². The number of benzene rings is 1. The molecule has 0 aliphatic carbocycles. The molecule has 2 rings (SSSR count). The number of nitrogens with zero attached hydrogens (tertiary/aromatic N) is 1. The molecule has 0 fully saturated rings. The smallest absolute Gasteiger partial charge is 0.249 e. The van der Waals surface area contributed by atoms with Crippen LogP contribution in [-0.2, 0) is 4.79 Å². The van der Waals surface area contributed by atoms with Crippen LogP contribution in [0.4, 0.5) is 5.82 Å². The molecule has 4 heteroatoms. The second kappa shape index (κ2) is 6.30. The van der Waals surface area contributed by atoms with Gasteiger partial charge in [-0.1, -0.05) is 24.3 Å². The Morgan fingerprint density at radius 3 is 2.67 bits per heavy atom. The van der Waals surface area contributed by atoms with E-state index >= 15 is 0 Å². The summed E-state index contributed by atoms with van der Waals surface area (Å²) in [4.78, 5) is 15.7. The highest BCUT2D eigenvalue weighted by molar-refractivity contribution is 14.1. The summed E-state index contributed by atoms with van der Waals surface area (Å²) in [6.45, 7) is 0. The van der Waals surface area contributed by atoms with Gasteiger partial charge in [-0.25, -0.2) is 4.98 Å². The lowest BCUT2D eigenvalue weighted by atomic mass is 10.2. The van der Waals surface area contributed by atoms with Gasteiger partial charge in [0.1, 0.15) is 5.82 Å². The summed E-state index contributed by atoms with van der Waals surface area (Å²) in [5.41, 5.74) is 1.02. The molecule has 1 aromatic heterocycles. The summed E-state index contributed by atoms with van der Waals surface area (Å²) in [7, 11) is 0. The lowest BCUT2D eigenvalue weighted by Gasteiger charge is -2.00. The summed E-state index contributed by atoms with van der Waals surface area (Å²) < 4.78 is 1.11. The zero-order valence-corrected chi connectivity index (χ0v) is 11.7. The molecule has 1 aromatic carbocycles. The number of hydrogen-bond donors (Lipinski definition) is 1. The summed E-state index contributed by atoms with van der Waals surface area (Å²) in [5, 5.41) is 2.69. The van der Waals surface area contributed by atoms with Crippen LogP contribution in [0.1, 0.15) is 5.56 Å². The Morgan fingerprint density at radius 1 is 1.17 bits per heavy atom. The van der Waals surface area contributed by atoms with Gasteiger partial charge >= 0.3 is 0 Å². The van der Waals surface area contributed by atoms with Gasteiger partial charge in [0.2, 0.25) is 5.91 Å². The number of carbonyl (C=O) groups is 1. The molecule has 0 aliphatic heterocycles. The molecule has 0 bridgehead atoms. The highest BCUT2D eigenvalue weighted by atomic mass is 127. The maximum atomic E-state index is 11.7. The Balaban J connectivity index is 2.02. The van der Waals surface area contributed by atoms with E-state index in [-0.39, 0.29) is 5.91 Å². The molecule has 1 N–H and O–H groups in total. The highest BCUT2D eigenvalue weighted by Crippen LogP contribution is 2.12. The largest absolute Gasteiger partial charge is 0.307 e. The number of anilines is 1. The molecule has 0 atom stereocenters. The van der Waals surface area contributed by atoms with E-state index in [0.717, 1.165) is 9.13 Å². The van der Waals surface area contributed by atoms with Crippen LogP contribution in [0.5, 0.6) is 0 Å². The number of amides is 1. The Labute approximate surface area is 119 Å². The third-order valence-electron chi connectivity index (χ3n) is 2.24. The number of nitrogens with one attached hydrogen (secondary N) is 1. The standard InChI is InChI=1S/C14H11IN2O/c15-12-6-2-1-5-11(12)8-9-14(18)17-13-7-3-4-10-16-13/h1-10H,(H,16,17,18)/b9-8+. The van der Waals surface area contributed by atoms with Crippen molar-refractivity contribution in [1.82, 2.24) is 4.98 Å². The normalized spacial score (nSPS) is 10.5. The van der Waals surface area contributed by atoms with E-state index < -0.39 is 0 Å². The second-order valence-corrected chi connectivity index (χ2v) is 4.72. The summed E-state index contributed by atoms with van der Waals surface area (Å²) in [6, 6.07) is 13.2. The van der Waals surface area contributed by atoms with Gasteiger partial charge in [0, 0.05) is 15.8 Å². The molecule has 0 unspecified atom stereocenters. The first-order chi connectivity index (χ1) is 8.75. The molecule has 1 amide bonds. The molecule has 1 heterocycles. The minimum atomic E-state index is -0.187. The number of halogens is 1. The lowest BCUT2D eigenvalue weighted by molar-refractivity contribution is -0.111. The van der Waals surface area contributed by atoms with Crippen molar-refractivity contribution in [3.63, 3.8) is 0 Å². The first-order valence-corrected chi connectivity index (χ1v) is 6.48. The van der Waals surface area contributed by atoms with Crippen LogP contribution in [0.25, 0.3) is 6.08 Å². The van der Waals surface area contributed by atoms with Gasteiger partial charge in [-0.3, -0.25) is 4.79 Å². The SMILES string of the molecule is O=C(/C=C/c1ccccc1I)Nc1ccccn1. The fourth-order valence-corrected chi connectivity index (χ4v) is 1.95. The molecule has 0 radical (unpaired) electrons. The lowest BCUT2D eigenvalue weighted by Crippen LogP contribution is -2.08. The van der Waals surface area contributed by atoms with E-state index in [2.05, 4.69) is 32.9 Å². The maximum Gasteiger partial charge on any atom is 0.249 e. The third kappa shape index (κ3) is 3.66. The van der Waals surface area contributed by atoms with Crippen molar-refractivity contribution in [2.45, 2.75) is 0 Å². The van der Waals surface area contributed by atoms with E-state index in [0.29, 0.717) is 5.82 Å². The topological polar surface area (TPSA) is 42.0 Å². The molecule has 3 nitrogen and oxygen atoms in total. The van der Waals surface area contributed by atoms with Crippen molar-refractivity contribution >= 4 is 40.4 Å². The van der Waals surface area contributed by atoms with Crippen LogP contribution in [0.2, 0.25) is 0 Å². The highest BCUT2D eigenvalue weighted by Gasteiger charge is 1.98. The van der Waals surface area contributed by atoms with Crippen molar-refractivity contribution in [3.05, 3.63) is 63.9 Å². The fraction of sp³-hybridized carbons (Fsp3) is 0. The van der Waals surface area contributed by atoms with E-state index in [1.165, 1.54) is 6.08 Å². The second-order valence-electron chi connectivity index (χ2n) is 3.56. The number of aromatic nitrogens is 1. The van der Waals surface area contributed by atoms with Gasteiger partial charge in [0.25, 0.3) is 0 Å². The van der Waals surface area contributed by atoms with Crippen molar-refractivity contribution in [3.8, 4) is 0 Å². The zero-order chi connectivity index (χ0) is 12.8. The number of rotatable bonds is 3. The van der Waals surface area contributed by atoms with Crippen molar-refractivity contribution in [1.29, 1.82) is 0 Å². The third-order valence-corrected chi connectivity index (χ3v) is 3.22. The molecule has 0 saturated carbocycles. The molecule has 90 valence electrons. The van der Waals surface area contributed by atoms with Gasteiger partial charge in [-0.05, 0) is 52.4 Å². The summed E-state index contributed by atoms with van der Waals surface area (Å²) >= 11 is 2.24. The minimum Gasteiger partial charge on any atom is -0.307 e. The molecule has 0 spiro atoms. The molecule has 18 heavy (non-hydrogen) atoms. The Kier molecular flexibility index (Phi) is 4.46. The predicted molar refractivity (Wildman–Crippen MR) is 81.1 cm³/mol. The van der Waals surface area contributed by atoms with E-state index in [1.54, 1.807) is 24.4 Å². The average Bonchev–Trinajstić information content (AvgIpc) is 2.39. The van der Waals surface area contributed by atoms with Crippen molar-refractivity contribution < 1.29 is 4.79 Å². The molecule has 0 aliphatic rings. The quantitative estimate of drug-likeness (QED) is 0.682. The first-order valence-electron chi connectivity index (χ1n) is 5.40. The van der Waals surface area contributed by atoms with E-state index in [4.69, 9.17) is 0 Å². The Bertz CT molecular complexity index is 567. The minimum absolute atomic E-state index is 0.187. The van der Waals surface area contributed by atoms with Gasteiger partial charge in [0.15, 0.2) is 0 Å². The summed E-state index contributed by atoms with van der Waals surface area (Å²) in [5.74, 6) is 0.364. The van der Waals surface area contributed by atoms with E-state index in [9.17, 15) is 4.79 Å². The molecule has 2 aromatic rings. The molecular weight excluding hydrogens is 339 g/mol. The predicted octanol–water partition coefficient (Wildman–Crippen LogP) is 3.34. The van der Waals surface area contributed by atoms with Gasteiger partial charge in [-0.2, -0.15) is 0 Å². The van der Waals surface area contributed by atoms with Crippen molar-refractivity contribution in [2.24, 2.45) is 0 Å². The number of carbonyl (C=O) groups excluding carboxylic acids is 1. The van der Waals surface area contributed by atoms with Crippen LogP contribution in [-0.4, -0.2) is 10.9 Å². The van der Waals surface area contributed by atoms with Crippen LogP contribution in [0, 0.1) is 3.57 Å².